The van der Waals surface area contributed by atoms with Crippen LogP contribution in [0.15, 0.2) is 58.4 Å². The molecule has 1 amide bonds. The number of halogens is 1. The van der Waals surface area contributed by atoms with E-state index in [2.05, 4.69) is 47.0 Å². The number of carbonyl (C=O) groups is 1. The van der Waals surface area contributed by atoms with Gasteiger partial charge in [0, 0.05) is 15.4 Å². The third-order valence-electron chi connectivity index (χ3n) is 3.98. The van der Waals surface area contributed by atoms with E-state index in [4.69, 9.17) is 4.74 Å². The second-order valence-corrected chi connectivity index (χ2v) is 8.93. The van der Waals surface area contributed by atoms with Gasteiger partial charge in [-0.2, -0.15) is 0 Å². The highest BCUT2D eigenvalue weighted by molar-refractivity contribution is 9.10. The Morgan fingerprint density at radius 2 is 1.78 bits per heavy atom. The van der Waals surface area contributed by atoms with Gasteiger partial charge >= 0.3 is 0 Å². The van der Waals surface area contributed by atoms with Crippen molar-refractivity contribution < 1.29 is 9.53 Å². The van der Waals surface area contributed by atoms with Crippen molar-refractivity contribution in [3.8, 4) is 17.0 Å². The summed E-state index contributed by atoms with van der Waals surface area (Å²) in [6.07, 6.45) is 0. The van der Waals surface area contributed by atoms with Gasteiger partial charge in [-0.3, -0.25) is 10.1 Å². The van der Waals surface area contributed by atoms with E-state index in [-0.39, 0.29) is 17.9 Å². The molecule has 1 heterocycles. The third-order valence-corrected chi connectivity index (χ3v) is 5.27. The number of benzene rings is 2. The highest BCUT2D eigenvalue weighted by Crippen LogP contribution is 2.26. The van der Waals surface area contributed by atoms with Crippen molar-refractivity contribution in [1.82, 2.24) is 4.98 Å². The molecule has 140 valence electrons. The van der Waals surface area contributed by atoms with E-state index in [1.54, 1.807) is 0 Å². The fourth-order valence-corrected chi connectivity index (χ4v) is 3.44. The Morgan fingerprint density at radius 3 is 2.41 bits per heavy atom. The van der Waals surface area contributed by atoms with E-state index in [9.17, 15) is 4.79 Å². The molecule has 4 nitrogen and oxygen atoms in total. The Morgan fingerprint density at radius 1 is 1.11 bits per heavy atom. The maximum absolute atomic E-state index is 12.1. The quantitative estimate of drug-likeness (QED) is 0.533. The normalized spacial score (nSPS) is 11.3. The van der Waals surface area contributed by atoms with Gasteiger partial charge in [0.05, 0.1) is 5.69 Å². The van der Waals surface area contributed by atoms with Gasteiger partial charge in [-0.1, -0.05) is 61.0 Å². The van der Waals surface area contributed by atoms with Crippen molar-refractivity contribution >= 4 is 38.3 Å². The Hall–Kier alpha value is -2.18. The molecule has 3 aromatic rings. The van der Waals surface area contributed by atoms with E-state index >= 15 is 0 Å². The summed E-state index contributed by atoms with van der Waals surface area (Å²) in [6.45, 7) is 6.43. The molecule has 0 aliphatic rings. The van der Waals surface area contributed by atoms with Crippen molar-refractivity contribution in [3.63, 3.8) is 0 Å². The lowest BCUT2D eigenvalue weighted by atomic mass is 9.87. The topological polar surface area (TPSA) is 51.2 Å². The number of carbonyl (C=O) groups excluding carboxylic acids is 1. The monoisotopic (exact) mass is 444 g/mol. The van der Waals surface area contributed by atoms with Gasteiger partial charge in [-0.05, 0) is 35.2 Å². The molecule has 0 bridgehead atoms. The van der Waals surface area contributed by atoms with E-state index < -0.39 is 0 Å². The summed E-state index contributed by atoms with van der Waals surface area (Å²) in [5, 5.41) is 5.26. The number of rotatable bonds is 5. The van der Waals surface area contributed by atoms with Gasteiger partial charge in [0.15, 0.2) is 11.7 Å². The van der Waals surface area contributed by atoms with Crippen LogP contribution in [0.5, 0.6) is 5.75 Å². The molecule has 0 unspecified atom stereocenters. The number of ether oxygens (including phenoxy) is 1. The fourth-order valence-electron chi connectivity index (χ4n) is 2.44. The number of aromatic nitrogens is 1. The lowest BCUT2D eigenvalue weighted by Gasteiger charge is -2.19. The molecule has 0 fully saturated rings. The van der Waals surface area contributed by atoms with Crippen molar-refractivity contribution in [2.45, 2.75) is 26.2 Å². The Labute approximate surface area is 171 Å². The summed E-state index contributed by atoms with van der Waals surface area (Å²) >= 11 is 4.81. The minimum absolute atomic E-state index is 0.0535. The number of anilines is 1. The Bertz CT molecular complexity index is 913. The largest absolute Gasteiger partial charge is 0.484 e. The number of amides is 1. The molecule has 2 aromatic carbocycles. The molecular formula is C21H21BrN2O2S. The van der Waals surface area contributed by atoms with Gasteiger partial charge in [0.2, 0.25) is 0 Å². The summed E-state index contributed by atoms with van der Waals surface area (Å²) in [6, 6.07) is 15.7. The standard InChI is InChI=1S/C21H21BrN2O2S/c1-21(2,3)15-6-10-17(11-7-15)26-12-19(25)24-20-23-18(13-27-20)14-4-8-16(22)9-5-14/h4-11,13H,12H2,1-3H3,(H,23,24,25). The maximum Gasteiger partial charge on any atom is 0.264 e. The van der Waals surface area contributed by atoms with Gasteiger partial charge < -0.3 is 4.74 Å². The van der Waals surface area contributed by atoms with E-state index in [0.29, 0.717) is 10.9 Å². The first-order valence-electron chi connectivity index (χ1n) is 8.56. The first kappa shape index (κ1) is 19.6. The molecule has 0 saturated heterocycles. The predicted molar refractivity (Wildman–Crippen MR) is 115 cm³/mol. The Kier molecular flexibility index (Phi) is 5.97. The van der Waals surface area contributed by atoms with Crippen LogP contribution in [0.2, 0.25) is 0 Å². The zero-order chi connectivity index (χ0) is 19.4. The van der Waals surface area contributed by atoms with Gasteiger partial charge in [-0.25, -0.2) is 4.98 Å². The van der Waals surface area contributed by atoms with Crippen LogP contribution in [0.1, 0.15) is 26.3 Å². The minimum Gasteiger partial charge on any atom is -0.484 e. The summed E-state index contributed by atoms with van der Waals surface area (Å²) in [5.41, 5.74) is 3.15. The minimum atomic E-state index is -0.230. The number of thiazole rings is 1. The molecule has 0 radical (unpaired) electrons. The first-order chi connectivity index (χ1) is 12.8. The number of hydrogen-bond donors (Lipinski definition) is 1. The number of nitrogens with one attached hydrogen (secondary N) is 1. The molecule has 0 aliphatic carbocycles. The van der Waals surface area contributed by atoms with Crippen molar-refractivity contribution in [1.29, 1.82) is 0 Å². The van der Waals surface area contributed by atoms with Crippen molar-refractivity contribution in [3.05, 3.63) is 63.9 Å². The van der Waals surface area contributed by atoms with Crippen molar-refractivity contribution in [2.24, 2.45) is 0 Å². The zero-order valence-electron chi connectivity index (χ0n) is 15.5. The number of nitrogens with zero attached hydrogens (tertiary/aromatic N) is 1. The smallest absolute Gasteiger partial charge is 0.264 e. The van der Waals surface area contributed by atoms with E-state index in [1.807, 2.05) is 53.9 Å². The molecule has 0 spiro atoms. The van der Waals surface area contributed by atoms with E-state index in [1.165, 1.54) is 16.9 Å². The van der Waals surface area contributed by atoms with Crippen LogP contribution in [0.25, 0.3) is 11.3 Å². The van der Waals surface area contributed by atoms with Gasteiger partial charge in [0.1, 0.15) is 5.75 Å². The van der Waals surface area contributed by atoms with Gasteiger partial charge in [-0.15, -0.1) is 11.3 Å². The molecule has 3 rings (SSSR count). The SMILES string of the molecule is CC(C)(C)c1ccc(OCC(=O)Nc2nc(-c3ccc(Br)cc3)cs2)cc1. The first-order valence-corrected chi connectivity index (χ1v) is 10.2. The second-order valence-electron chi connectivity index (χ2n) is 7.16. The van der Waals surface area contributed by atoms with Crippen LogP contribution in [-0.2, 0) is 10.2 Å². The summed E-state index contributed by atoms with van der Waals surface area (Å²) in [7, 11) is 0. The van der Waals surface area contributed by atoms with Crippen molar-refractivity contribution in [2.75, 3.05) is 11.9 Å². The van der Waals surface area contributed by atoms with Crippen LogP contribution in [0, 0.1) is 0 Å². The highest BCUT2D eigenvalue weighted by Gasteiger charge is 2.13. The molecule has 1 N–H and O–H groups in total. The lowest BCUT2D eigenvalue weighted by Crippen LogP contribution is -2.20. The molecule has 0 saturated carbocycles. The Balaban J connectivity index is 1.54. The predicted octanol–water partition coefficient (Wildman–Crippen LogP) is 5.89. The summed E-state index contributed by atoms with van der Waals surface area (Å²) in [5.74, 6) is 0.444. The number of hydrogen-bond acceptors (Lipinski definition) is 4. The van der Waals surface area contributed by atoms with Gasteiger partial charge in [0.25, 0.3) is 5.91 Å². The van der Waals surface area contributed by atoms with Crippen LogP contribution in [-0.4, -0.2) is 17.5 Å². The molecular weight excluding hydrogens is 424 g/mol. The van der Waals surface area contributed by atoms with Crippen LogP contribution in [0.3, 0.4) is 0 Å². The third kappa shape index (κ3) is 5.40. The molecule has 0 atom stereocenters. The summed E-state index contributed by atoms with van der Waals surface area (Å²) < 4.78 is 6.59. The average molecular weight is 445 g/mol. The highest BCUT2D eigenvalue weighted by atomic mass is 79.9. The maximum atomic E-state index is 12.1. The van der Waals surface area contributed by atoms with Crippen LogP contribution in [0.4, 0.5) is 5.13 Å². The summed E-state index contributed by atoms with van der Waals surface area (Å²) in [4.78, 5) is 16.6. The zero-order valence-corrected chi connectivity index (χ0v) is 17.9. The van der Waals surface area contributed by atoms with Crippen LogP contribution >= 0.6 is 27.3 Å². The lowest BCUT2D eigenvalue weighted by molar-refractivity contribution is -0.118. The molecule has 27 heavy (non-hydrogen) atoms. The molecule has 6 heteroatoms. The van der Waals surface area contributed by atoms with Crippen LogP contribution < -0.4 is 10.1 Å². The molecule has 1 aromatic heterocycles. The average Bonchev–Trinajstić information content (AvgIpc) is 3.08. The second kappa shape index (κ2) is 8.23. The van der Waals surface area contributed by atoms with E-state index in [0.717, 1.165) is 15.7 Å². The molecule has 0 aliphatic heterocycles. The fraction of sp³-hybridized carbons (Fsp3) is 0.238.